The van der Waals surface area contributed by atoms with Gasteiger partial charge in [0.1, 0.15) is 0 Å². The van der Waals surface area contributed by atoms with Gasteiger partial charge in [-0.25, -0.2) is 4.79 Å². The second-order valence-corrected chi connectivity index (χ2v) is 7.23. The van der Waals surface area contributed by atoms with E-state index >= 15 is 0 Å². The van der Waals surface area contributed by atoms with Crippen LogP contribution in [0.2, 0.25) is 0 Å². The van der Waals surface area contributed by atoms with Gasteiger partial charge in [-0.05, 0) is 62.5 Å². The molecule has 0 spiro atoms. The highest BCUT2D eigenvalue weighted by atomic mass is 16.2. The average Bonchev–Trinajstić information content (AvgIpc) is 2.69. The molecular weight excluding hydrogens is 336 g/mol. The van der Waals surface area contributed by atoms with E-state index in [9.17, 15) is 4.79 Å². The summed E-state index contributed by atoms with van der Waals surface area (Å²) in [7, 11) is 0. The molecule has 2 aromatic rings. The van der Waals surface area contributed by atoms with E-state index in [-0.39, 0.29) is 6.03 Å². The first-order valence-electron chi connectivity index (χ1n) is 9.45. The van der Waals surface area contributed by atoms with Crippen molar-refractivity contribution in [3.63, 3.8) is 0 Å². The maximum absolute atomic E-state index is 12.1. The van der Waals surface area contributed by atoms with Crippen molar-refractivity contribution >= 4 is 11.7 Å². The Morgan fingerprint density at radius 2 is 1.93 bits per heavy atom. The third kappa shape index (κ3) is 5.83. The number of nitriles is 1. The maximum atomic E-state index is 12.1. The molecule has 1 saturated heterocycles. The van der Waals surface area contributed by atoms with Crippen LogP contribution < -0.4 is 10.6 Å². The molecule has 1 aliphatic heterocycles. The largest absolute Gasteiger partial charge is 0.338 e. The van der Waals surface area contributed by atoms with Gasteiger partial charge in [0.15, 0.2) is 0 Å². The van der Waals surface area contributed by atoms with Gasteiger partial charge in [0.25, 0.3) is 0 Å². The van der Waals surface area contributed by atoms with Crippen molar-refractivity contribution in [1.29, 1.82) is 5.26 Å². The summed E-state index contributed by atoms with van der Waals surface area (Å²) in [5.41, 5.74) is 3.82. The van der Waals surface area contributed by atoms with E-state index < -0.39 is 0 Å². The minimum absolute atomic E-state index is 0.216. The van der Waals surface area contributed by atoms with E-state index in [1.807, 2.05) is 0 Å². The summed E-state index contributed by atoms with van der Waals surface area (Å²) in [5.74, 6) is 0.510. The molecule has 0 atom stereocenters. The number of hydrogen-bond acceptors (Lipinski definition) is 3. The van der Waals surface area contributed by atoms with Gasteiger partial charge in [0.2, 0.25) is 0 Å². The fourth-order valence-corrected chi connectivity index (χ4v) is 3.38. The molecule has 140 valence electrons. The van der Waals surface area contributed by atoms with Crippen LogP contribution in [0, 0.1) is 24.2 Å². The van der Waals surface area contributed by atoms with Crippen molar-refractivity contribution in [2.45, 2.75) is 26.3 Å². The first-order chi connectivity index (χ1) is 13.1. The molecule has 2 N–H and O–H groups in total. The van der Waals surface area contributed by atoms with Crippen molar-refractivity contribution in [2.24, 2.45) is 5.92 Å². The Labute approximate surface area is 161 Å². The lowest BCUT2D eigenvalue weighted by Gasteiger charge is -2.32. The minimum Gasteiger partial charge on any atom is -0.338 e. The van der Waals surface area contributed by atoms with Crippen molar-refractivity contribution in [3.8, 4) is 6.07 Å². The number of carbonyl (C=O) groups excluding carboxylic acids is 1. The summed E-state index contributed by atoms with van der Waals surface area (Å²) in [6.07, 6.45) is 2.19. The zero-order valence-electron chi connectivity index (χ0n) is 15.7. The van der Waals surface area contributed by atoms with Crippen molar-refractivity contribution < 1.29 is 4.79 Å². The number of rotatable bonds is 5. The Balaban J connectivity index is 1.38. The molecule has 1 aliphatic rings. The quantitative estimate of drug-likeness (QED) is 0.848. The molecule has 0 bridgehead atoms. The lowest BCUT2D eigenvalue weighted by atomic mass is 9.96. The van der Waals surface area contributed by atoms with E-state index in [0.717, 1.165) is 32.5 Å². The molecule has 0 aromatic heterocycles. The molecular formula is C22H26N4O. The zero-order valence-corrected chi connectivity index (χ0v) is 15.7. The van der Waals surface area contributed by atoms with E-state index in [0.29, 0.717) is 23.7 Å². The topological polar surface area (TPSA) is 68.2 Å². The van der Waals surface area contributed by atoms with E-state index in [2.05, 4.69) is 52.8 Å². The predicted octanol–water partition coefficient (Wildman–Crippen LogP) is 3.90. The van der Waals surface area contributed by atoms with Crippen LogP contribution in [0.3, 0.4) is 0 Å². The van der Waals surface area contributed by atoms with Crippen molar-refractivity contribution in [3.05, 3.63) is 65.2 Å². The molecule has 1 heterocycles. The van der Waals surface area contributed by atoms with Gasteiger partial charge < -0.3 is 10.6 Å². The van der Waals surface area contributed by atoms with Crippen LogP contribution >= 0.6 is 0 Å². The number of amides is 2. The fraction of sp³-hybridized carbons (Fsp3) is 0.364. The molecule has 1 fully saturated rings. The van der Waals surface area contributed by atoms with Crippen LogP contribution in [-0.4, -0.2) is 30.6 Å². The molecule has 5 nitrogen and oxygen atoms in total. The van der Waals surface area contributed by atoms with Crippen LogP contribution in [0.15, 0.2) is 48.5 Å². The van der Waals surface area contributed by atoms with E-state index in [4.69, 9.17) is 5.26 Å². The van der Waals surface area contributed by atoms with Crippen LogP contribution in [0.1, 0.15) is 29.5 Å². The number of carbonyl (C=O) groups is 1. The highest BCUT2D eigenvalue weighted by molar-refractivity contribution is 5.89. The maximum Gasteiger partial charge on any atom is 0.319 e. The molecule has 0 unspecified atom stereocenters. The van der Waals surface area contributed by atoms with Gasteiger partial charge in [0.05, 0.1) is 11.6 Å². The van der Waals surface area contributed by atoms with Gasteiger partial charge in [-0.1, -0.05) is 35.9 Å². The zero-order chi connectivity index (χ0) is 19.1. The predicted molar refractivity (Wildman–Crippen MR) is 107 cm³/mol. The molecule has 2 amide bonds. The number of nitrogens with one attached hydrogen (secondary N) is 2. The number of piperidine rings is 1. The lowest BCUT2D eigenvalue weighted by Crippen LogP contribution is -2.39. The summed E-state index contributed by atoms with van der Waals surface area (Å²) in [6.45, 7) is 5.91. The van der Waals surface area contributed by atoms with Crippen molar-refractivity contribution in [1.82, 2.24) is 10.2 Å². The van der Waals surface area contributed by atoms with Gasteiger partial charge in [-0.3, -0.25) is 4.90 Å². The summed E-state index contributed by atoms with van der Waals surface area (Å²) in [5, 5.41) is 14.7. The van der Waals surface area contributed by atoms with Gasteiger partial charge in [0, 0.05) is 18.8 Å². The minimum atomic E-state index is -0.216. The van der Waals surface area contributed by atoms with Crippen LogP contribution in [-0.2, 0) is 6.54 Å². The number of aryl methyl sites for hydroxylation is 1. The first-order valence-corrected chi connectivity index (χ1v) is 9.45. The molecule has 0 radical (unpaired) electrons. The van der Waals surface area contributed by atoms with Gasteiger partial charge >= 0.3 is 6.03 Å². The summed E-state index contributed by atoms with van der Waals surface area (Å²) in [4.78, 5) is 14.6. The monoisotopic (exact) mass is 362 g/mol. The number of benzene rings is 2. The summed E-state index contributed by atoms with van der Waals surface area (Å²) in [6, 6.07) is 17.5. The number of hydrogen-bond donors (Lipinski definition) is 2. The van der Waals surface area contributed by atoms with Crippen LogP contribution in [0.4, 0.5) is 10.5 Å². The number of urea groups is 1. The third-order valence-electron chi connectivity index (χ3n) is 5.03. The normalized spacial score (nSPS) is 15.1. The number of likely N-dealkylation sites (tertiary alicyclic amines) is 1. The molecule has 0 saturated carbocycles. The Bertz CT molecular complexity index is 802. The van der Waals surface area contributed by atoms with Gasteiger partial charge in [-0.2, -0.15) is 5.26 Å². The molecule has 2 aromatic carbocycles. The van der Waals surface area contributed by atoms with E-state index in [1.54, 1.807) is 24.3 Å². The third-order valence-corrected chi connectivity index (χ3v) is 5.03. The molecule has 3 rings (SSSR count). The lowest BCUT2D eigenvalue weighted by molar-refractivity contribution is 0.175. The summed E-state index contributed by atoms with van der Waals surface area (Å²) < 4.78 is 0. The fourth-order valence-electron chi connectivity index (χ4n) is 3.38. The number of anilines is 1. The standard InChI is InChI=1S/C22H26N4O/c1-17-5-7-19(8-6-17)16-26-11-9-18(10-12-26)15-24-22(27)25-21-4-2-3-20(13-21)14-23/h2-8,13,18H,9-12,15-16H2,1H3,(H2,24,25,27). The first kappa shape index (κ1) is 18.9. The second kappa shape index (κ2) is 9.20. The Morgan fingerprint density at radius 3 is 2.63 bits per heavy atom. The van der Waals surface area contributed by atoms with E-state index in [1.165, 1.54) is 11.1 Å². The average molecular weight is 362 g/mol. The second-order valence-electron chi connectivity index (χ2n) is 7.23. The Morgan fingerprint density at radius 1 is 1.19 bits per heavy atom. The molecule has 27 heavy (non-hydrogen) atoms. The number of nitrogens with zero attached hydrogens (tertiary/aromatic N) is 2. The van der Waals surface area contributed by atoms with Crippen LogP contribution in [0.5, 0.6) is 0 Å². The van der Waals surface area contributed by atoms with Gasteiger partial charge in [-0.15, -0.1) is 0 Å². The highest BCUT2D eigenvalue weighted by Crippen LogP contribution is 2.19. The smallest absolute Gasteiger partial charge is 0.319 e. The Hall–Kier alpha value is -2.84. The van der Waals surface area contributed by atoms with Crippen molar-refractivity contribution in [2.75, 3.05) is 25.0 Å². The summed E-state index contributed by atoms with van der Waals surface area (Å²) >= 11 is 0. The SMILES string of the molecule is Cc1ccc(CN2CCC(CNC(=O)Nc3cccc(C#N)c3)CC2)cc1. The Kier molecular flexibility index (Phi) is 6.45. The molecule has 5 heteroatoms. The molecule has 0 aliphatic carbocycles. The highest BCUT2D eigenvalue weighted by Gasteiger charge is 2.19. The van der Waals surface area contributed by atoms with Crippen LogP contribution in [0.25, 0.3) is 0 Å².